The van der Waals surface area contributed by atoms with Gasteiger partial charge < -0.3 is 19.9 Å². The Hall–Kier alpha value is -2.57. The minimum Gasteiger partial charge on any atom is -0.383 e. The average Bonchev–Trinajstić information content (AvgIpc) is 2.80. The maximum absolute atomic E-state index is 12.9. The van der Waals surface area contributed by atoms with Crippen LogP contribution >= 0.6 is 0 Å². The lowest BCUT2D eigenvalue weighted by Gasteiger charge is -2.36. The quantitative estimate of drug-likeness (QED) is 0.815. The van der Waals surface area contributed by atoms with Gasteiger partial charge in [0.1, 0.15) is 0 Å². The minimum absolute atomic E-state index is 0.0906. The lowest BCUT2D eigenvalue weighted by Crippen LogP contribution is -2.47. The summed E-state index contributed by atoms with van der Waals surface area (Å²) in [6.45, 7) is 8.61. The molecular formula is C23H30N4O2. The molecule has 4 rings (SSSR count). The van der Waals surface area contributed by atoms with E-state index < -0.39 is 0 Å². The molecular weight excluding hydrogens is 364 g/mol. The summed E-state index contributed by atoms with van der Waals surface area (Å²) in [6.07, 6.45) is 0. The van der Waals surface area contributed by atoms with Crippen LogP contribution in [0.4, 0.5) is 11.4 Å². The third kappa shape index (κ3) is 5.08. The Kier molecular flexibility index (Phi) is 6.64. The Morgan fingerprint density at radius 1 is 0.862 bits per heavy atom. The molecule has 0 aromatic heterocycles. The van der Waals surface area contributed by atoms with Gasteiger partial charge in [-0.25, -0.2) is 0 Å². The predicted molar refractivity (Wildman–Crippen MR) is 117 cm³/mol. The molecule has 6 nitrogen and oxygen atoms in total. The maximum Gasteiger partial charge on any atom is 0.256 e. The molecule has 2 heterocycles. The number of anilines is 2. The summed E-state index contributed by atoms with van der Waals surface area (Å²) < 4.78 is 5.37. The number of hydrogen-bond acceptors (Lipinski definition) is 5. The van der Waals surface area contributed by atoms with E-state index in [4.69, 9.17) is 4.74 Å². The Morgan fingerprint density at radius 2 is 1.55 bits per heavy atom. The molecule has 0 spiro atoms. The largest absolute Gasteiger partial charge is 0.383 e. The number of carbonyl (C=O) groups excluding carboxylic acids is 1. The summed E-state index contributed by atoms with van der Waals surface area (Å²) in [6, 6.07) is 18.5. The molecule has 0 bridgehead atoms. The molecule has 154 valence electrons. The fraction of sp³-hybridized carbons (Fsp3) is 0.435. The van der Waals surface area contributed by atoms with Crippen LogP contribution < -0.4 is 10.2 Å². The van der Waals surface area contributed by atoms with E-state index >= 15 is 0 Å². The molecule has 1 amide bonds. The second-order valence-electron chi connectivity index (χ2n) is 7.54. The molecule has 6 heteroatoms. The lowest BCUT2D eigenvalue weighted by molar-refractivity contribution is 0.0303. The molecule has 2 aromatic carbocycles. The number of piperazine rings is 1. The summed E-state index contributed by atoms with van der Waals surface area (Å²) in [4.78, 5) is 19.7. The van der Waals surface area contributed by atoms with Crippen LogP contribution in [0.25, 0.3) is 0 Å². The van der Waals surface area contributed by atoms with Crippen molar-refractivity contribution < 1.29 is 9.53 Å². The van der Waals surface area contributed by atoms with Crippen molar-refractivity contribution in [3.8, 4) is 0 Å². The molecule has 0 aliphatic carbocycles. The number of benzene rings is 2. The van der Waals surface area contributed by atoms with Crippen LogP contribution in [0.3, 0.4) is 0 Å². The number of carbonyl (C=O) groups is 1. The number of nitrogens with zero attached hydrogens (tertiary/aromatic N) is 3. The van der Waals surface area contributed by atoms with Crippen LogP contribution in [0.1, 0.15) is 10.4 Å². The topological polar surface area (TPSA) is 48.1 Å². The second kappa shape index (κ2) is 9.76. The first-order chi connectivity index (χ1) is 14.3. The van der Waals surface area contributed by atoms with Crippen molar-refractivity contribution in [2.45, 2.75) is 0 Å². The normalized spacial score (nSPS) is 17.9. The average molecular weight is 395 g/mol. The molecule has 2 saturated heterocycles. The van der Waals surface area contributed by atoms with Crippen molar-refractivity contribution >= 4 is 17.3 Å². The summed E-state index contributed by atoms with van der Waals surface area (Å²) in [5.74, 6) is 0.0906. The summed E-state index contributed by atoms with van der Waals surface area (Å²) >= 11 is 0. The van der Waals surface area contributed by atoms with Gasteiger partial charge in [-0.05, 0) is 24.3 Å². The molecule has 2 fully saturated rings. The smallest absolute Gasteiger partial charge is 0.256 e. The molecule has 0 radical (unpaired) electrons. The van der Waals surface area contributed by atoms with Gasteiger partial charge in [0.05, 0.1) is 18.8 Å². The number of ether oxygens (including phenoxy) is 1. The third-order valence-electron chi connectivity index (χ3n) is 5.69. The first kappa shape index (κ1) is 19.7. The number of para-hydroxylation sites is 2. The van der Waals surface area contributed by atoms with Crippen LogP contribution in [0.2, 0.25) is 0 Å². The van der Waals surface area contributed by atoms with Crippen LogP contribution in [-0.4, -0.2) is 81.3 Å². The number of hydrogen-bond donors (Lipinski definition) is 1. The van der Waals surface area contributed by atoms with Gasteiger partial charge in [0.2, 0.25) is 0 Å². The van der Waals surface area contributed by atoms with E-state index in [-0.39, 0.29) is 5.91 Å². The first-order valence-corrected chi connectivity index (χ1v) is 10.5. The molecule has 2 aromatic rings. The van der Waals surface area contributed by atoms with E-state index in [0.717, 1.165) is 50.5 Å². The minimum atomic E-state index is 0.0906. The number of rotatable bonds is 6. The highest BCUT2D eigenvalue weighted by atomic mass is 16.5. The SMILES string of the molecule is O=C(c1ccccc1NCCN1CCN(c2ccccc2)CC1)N1CCOCC1. The Bertz CT molecular complexity index is 784. The maximum atomic E-state index is 12.9. The fourth-order valence-corrected chi connectivity index (χ4v) is 3.98. The van der Waals surface area contributed by atoms with Gasteiger partial charge in [-0.3, -0.25) is 9.69 Å². The zero-order chi connectivity index (χ0) is 19.9. The van der Waals surface area contributed by atoms with Gasteiger partial charge in [-0.2, -0.15) is 0 Å². The van der Waals surface area contributed by atoms with Gasteiger partial charge >= 0.3 is 0 Å². The lowest BCUT2D eigenvalue weighted by atomic mass is 10.1. The van der Waals surface area contributed by atoms with Crippen LogP contribution in [0.5, 0.6) is 0 Å². The molecule has 0 unspecified atom stereocenters. The predicted octanol–water partition coefficient (Wildman–Crippen LogP) is 2.39. The Morgan fingerprint density at radius 3 is 2.31 bits per heavy atom. The molecule has 29 heavy (non-hydrogen) atoms. The fourth-order valence-electron chi connectivity index (χ4n) is 3.98. The molecule has 1 N–H and O–H groups in total. The van der Waals surface area contributed by atoms with E-state index in [1.807, 2.05) is 29.2 Å². The standard InChI is InChI=1S/C23H30N4O2/c28-23(27-16-18-29-19-17-27)21-8-4-5-9-22(21)24-10-11-25-12-14-26(15-13-25)20-6-2-1-3-7-20/h1-9,24H,10-19H2. The van der Waals surface area contributed by atoms with Gasteiger partial charge in [-0.1, -0.05) is 30.3 Å². The summed E-state index contributed by atoms with van der Waals surface area (Å²) in [7, 11) is 0. The Balaban J connectivity index is 1.26. The van der Waals surface area contributed by atoms with E-state index in [1.165, 1.54) is 5.69 Å². The van der Waals surface area contributed by atoms with Crippen molar-refractivity contribution in [2.75, 3.05) is 75.8 Å². The summed E-state index contributed by atoms with van der Waals surface area (Å²) in [5, 5.41) is 3.49. The molecule has 0 atom stereocenters. The van der Waals surface area contributed by atoms with Crippen molar-refractivity contribution in [1.29, 1.82) is 0 Å². The Labute approximate surface area is 173 Å². The van der Waals surface area contributed by atoms with E-state index in [2.05, 4.69) is 45.4 Å². The van der Waals surface area contributed by atoms with E-state index in [1.54, 1.807) is 0 Å². The monoisotopic (exact) mass is 394 g/mol. The zero-order valence-corrected chi connectivity index (χ0v) is 16.9. The highest BCUT2D eigenvalue weighted by molar-refractivity contribution is 5.99. The highest BCUT2D eigenvalue weighted by Gasteiger charge is 2.21. The van der Waals surface area contributed by atoms with Gasteiger partial charge in [0, 0.05) is 63.7 Å². The van der Waals surface area contributed by atoms with E-state index in [9.17, 15) is 4.79 Å². The molecule has 0 saturated carbocycles. The molecule has 2 aliphatic heterocycles. The number of morpholine rings is 1. The second-order valence-corrected chi connectivity index (χ2v) is 7.54. The van der Waals surface area contributed by atoms with E-state index in [0.29, 0.717) is 26.3 Å². The van der Waals surface area contributed by atoms with Crippen LogP contribution in [-0.2, 0) is 4.74 Å². The van der Waals surface area contributed by atoms with Crippen molar-refractivity contribution in [3.63, 3.8) is 0 Å². The van der Waals surface area contributed by atoms with Crippen molar-refractivity contribution in [2.24, 2.45) is 0 Å². The van der Waals surface area contributed by atoms with Gasteiger partial charge in [-0.15, -0.1) is 0 Å². The van der Waals surface area contributed by atoms with Crippen LogP contribution in [0, 0.1) is 0 Å². The first-order valence-electron chi connectivity index (χ1n) is 10.5. The van der Waals surface area contributed by atoms with Crippen molar-refractivity contribution in [1.82, 2.24) is 9.80 Å². The molecule has 2 aliphatic rings. The van der Waals surface area contributed by atoms with Crippen LogP contribution in [0.15, 0.2) is 54.6 Å². The highest BCUT2D eigenvalue weighted by Crippen LogP contribution is 2.19. The van der Waals surface area contributed by atoms with Gasteiger partial charge in [0.25, 0.3) is 5.91 Å². The van der Waals surface area contributed by atoms with Crippen molar-refractivity contribution in [3.05, 3.63) is 60.2 Å². The zero-order valence-electron chi connectivity index (χ0n) is 16.9. The number of amides is 1. The third-order valence-corrected chi connectivity index (χ3v) is 5.69. The summed E-state index contributed by atoms with van der Waals surface area (Å²) in [5.41, 5.74) is 2.98. The van der Waals surface area contributed by atoms with Gasteiger partial charge in [0.15, 0.2) is 0 Å². The number of nitrogens with one attached hydrogen (secondary N) is 1.